The van der Waals surface area contributed by atoms with Gasteiger partial charge in [0.25, 0.3) is 5.91 Å². The minimum Gasteiger partial charge on any atom is -0.481 e. The van der Waals surface area contributed by atoms with Crippen LogP contribution in [0.15, 0.2) is 73.4 Å². The van der Waals surface area contributed by atoms with Crippen LogP contribution in [-0.2, 0) is 0 Å². The van der Waals surface area contributed by atoms with E-state index >= 15 is 0 Å². The Morgan fingerprint density at radius 2 is 1.88 bits per heavy atom. The number of aryl methyl sites for hydroxylation is 1. The number of hydrogen-bond donors (Lipinski definition) is 2. The number of aromatic nitrogens is 4. The highest BCUT2D eigenvalue weighted by Gasteiger charge is 2.11. The summed E-state index contributed by atoms with van der Waals surface area (Å²) in [7, 11) is 1.58. The van der Waals surface area contributed by atoms with E-state index in [9.17, 15) is 4.79 Å². The summed E-state index contributed by atoms with van der Waals surface area (Å²) in [6.45, 7) is 3.93. The minimum absolute atomic E-state index is 0.0704. The number of amides is 1. The number of carbonyl (C=O) groups is 1. The molecule has 4 aromatic rings. The molecular weight excluding hydrogens is 416 g/mol. The molecule has 0 aliphatic heterocycles. The normalized spacial score (nSPS) is 11.5. The molecule has 0 aliphatic carbocycles. The number of benzene rings is 1. The number of rotatable bonds is 7. The van der Waals surface area contributed by atoms with Crippen molar-refractivity contribution in [1.29, 1.82) is 0 Å². The summed E-state index contributed by atoms with van der Waals surface area (Å²) in [6, 6.07) is 13.1. The van der Waals surface area contributed by atoms with E-state index in [0.29, 0.717) is 28.6 Å². The summed E-state index contributed by atoms with van der Waals surface area (Å²) in [6.07, 6.45) is 8.31. The zero-order valence-electron chi connectivity index (χ0n) is 18.6. The number of ether oxygens (including phenoxy) is 1. The van der Waals surface area contributed by atoms with Gasteiger partial charge in [0.2, 0.25) is 5.88 Å². The number of pyridine rings is 2. The van der Waals surface area contributed by atoms with Gasteiger partial charge in [0.1, 0.15) is 5.82 Å². The average Bonchev–Trinajstić information content (AvgIpc) is 2.84. The van der Waals surface area contributed by atoms with E-state index < -0.39 is 0 Å². The van der Waals surface area contributed by atoms with E-state index in [1.54, 1.807) is 44.2 Å². The monoisotopic (exact) mass is 440 g/mol. The summed E-state index contributed by atoms with van der Waals surface area (Å²) in [5, 5.41) is 6.31. The molecule has 0 unspecified atom stereocenters. The van der Waals surface area contributed by atoms with Crippen LogP contribution in [0.25, 0.3) is 11.3 Å². The average molecular weight is 441 g/mol. The lowest BCUT2D eigenvalue weighted by molar-refractivity contribution is 0.102. The van der Waals surface area contributed by atoms with Gasteiger partial charge in [-0.3, -0.25) is 14.8 Å². The number of hydrogen-bond acceptors (Lipinski definition) is 7. The Labute approximate surface area is 192 Å². The van der Waals surface area contributed by atoms with Crippen molar-refractivity contribution in [2.45, 2.75) is 19.9 Å². The first kappa shape index (κ1) is 21.9. The van der Waals surface area contributed by atoms with Gasteiger partial charge in [-0.1, -0.05) is 12.1 Å². The van der Waals surface area contributed by atoms with Crippen molar-refractivity contribution in [2.24, 2.45) is 0 Å². The van der Waals surface area contributed by atoms with Crippen molar-refractivity contribution >= 4 is 17.4 Å². The third-order valence-corrected chi connectivity index (χ3v) is 5.02. The molecular formula is C25H24N6O2. The van der Waals surface area contributed by atoms with Crippen molar-refractivity contribution in [1.82, 2.24) is 19.9 Å². The van der Waals surface area contributed by atoms with E-state index in [1.165, 1.54) is 0 Å². The predicted molar refractivity (Wildman–Crippen MR) is 127 cm³/mol. The first-order valence-electron chi connectivity index (χ1n) is 10.4. The number of anilines is 2. The molecule has 166 valence electrons. The maximum Gasteiger partial charge on any atom is 0.257 e. The molecule has 0 saturated heterocycles. The SMILES string of the molecule is COc1cc(-c2cncc(N[C@@H](C)c3cccc(NC(=O)c4cncc(C)c4)c3)n2)ccn1. The molecule has 8 heteroatoms. The fourth-order valence-corrected chi connectivity index (χ4v) is 3.33. The molecule has 3 aromatic heterocycles. The zero-order chi connectivity index (χ0) is 23.2. The Balaban J connectivity index is 1.48. The third-order valence-electron chi connectivity index (χ3n) is 5.02. The first-order valence-corrected chi connectivity index (χ1v) is 10.4. The van der Waals surface area contributed by atoms with E-state index in [2.05, 4.69) is 30.6 Å². The maximum atomic E-state index is 12.6. The van der Waals surface area contributed by atoms with E-state index in [1.807, 2.05) is 50.2 Å². The molecule has 3 heterocycles. The summed E-state index contributed by atoms with van der Waals surface area (Å²) in [5.74, 6) is 0.952. The molecule has 0 saturated carbocycles. The highest BCUT2D eigenvalue weighted by molar-refractivity contribution is 6.04. The van der Waals surface area contributed by atoms with Gasteiger partial charge in [-0.2, -0.15) is 0 Å². The van der Waals surface area contributed by atoms with Crippen LogP contribution in [0.5, 0.6) is 5.88 Å². The van der Waals surface area contributed by atoms with Gasteiger partial charge in [0.05, 0.1) is 36.8 Å². The van der Waals surface area contributed by atoms with Crippen molar-refractivity contribution in [3.05, 3.63) is 90.1 Å². The standard InChI is InChI=1S/C25H24N6O2/c1-16-9-20(13-26-12-16)25(32)30-21-6-4-5-18(10-21)17(2)29-23-15-27-14-22(31-23)19-7-8-28-24(11-19)33-3/h4-15,17H,1-3H3,(H,29,31)(H,30,32)/t17-/m0/s1. The molecule has 0 bridgehead atoms. The van der Waals surface area contributed by atoms with Crippen LogP contribution in [0.2, 0.25) is 0 Å². The molecule has 2 N–H and O–H groups in total. The first-order chi connectivity index (χ1) is 16.0. The maximum absolute atomic E-state index is 12.6. The Kier molecular flexibility index (Phi) is 6.54. The number of carbonyl (C=O) groups excluding carboxylic acids is 1. The van der Waals surface area contributed by atoms with Crippen LogP contribution in [-0.4, -0.2) is 33.0 Å². The predicted octanol–water partition coefficient (Wildman–Crippen LogP) is 4.68. The molecule has 33 heavy (non-hydrogen) atoms. The lowest BCUT2D eigenvalue weighted by atomic mass is 10.1. The van der Waals surface area contributed by atoms with Crippen LogP contribution >= 0.6 is 0 Å². The molecule has 1 aromatic carbocycles. The minimum atomic E-state index is -0.199. The van der Waals surface area contributed by atoms with Gasteiger partial charge in [-0.25, -0.2) is 9.97 Å². The highest BCUT2D eigenvalue weighted by atomic mass is 16.5. The summed E-state index contributed by atoms with van der Waals surface area (Å²) in [4.78, 5) is 29.7. The van der Waals surface area contributed by atoms with Gasteiger partial charge >= 0.3 is 0 Å². The van der Waals surface area contributed by atoms with Crippen LogP contribution < -0.4 is 15.4 Å². The van der Waals surface area contributed by atoms with Crippen molar-refractivity contribution in [3.8, 4) is 17.1 Å². The Bertz CT molecular complexity index is 1280. The summed E-state index contributed by atoms with van der Waals surface area (Å²) in [5.41, 5.74) is 4.72. The van der Waals surface area contributed by atoms with E-state index in [-0.39, 0.29) is 11.9 Å². The second-order valence-corrected chi connectivity index (χ2v) is 7.57. The molecule has 1 amide bonds. The molecule has 0 radical (unpaired) electrons. The molecule has 8 nitrogen and oxygen atoms in total. The van der Waals surface area contributed by atoms with Crippen molar-refractivity contribution < 1.29 is 9.53 Å². The van der Waals surface area contributed by atoms with Crippen molar-refractivity contribution in [2.75, 3.05) is 17.7 Å². The largest absolute Gasteiger partial charge is 0.481 e. The second-order valence-electron chi connectivity index (χ2n) is 7.57. The van der Waals surface area contributed by atoms with Crippen LogP contribution in [0.4, 0.5) is 11.5 Å². The van der Waals surface area contributed by atoms with Gasteiger partial charge < -0.3 is 15.4 Å². The van der Waals surface area contributed by atoms with Gasteiger partial charge in [-0.05, 0) is 49.2 Å². The van der Waals surface area contributed by atoms with Crippen LogP contribution in [0.1, 0.15) is 34.5 Å². The number of nitrogens with zero attached hydrogens (tertiary/aromatic N) is 4. The smallest absolute Gasteiger partial charge is 0.257 e. The fraction of sp³-hybridized carbons (Fsp3) is 0.160. The van der Waals surface area contributed by atoms with E-state index in [0.717, 1.165) is 16.7 Å². The lowest BCUT2D eigenvalue weighted by Gasteiger charge is -2.16. The third kappa shape index (κ3) is 5.48. The lowest BCUT2D eigenvalue weighted by Crippen LogP contribution is -2.13. The molecule has 0 fully saturated rings. The Morgan fingerprint density at radius 3 is 2.70 bits per heavy atom. The number of nitrogens with one attached hydrogen (secondary N) is 2. The fourth-order valence-electron chi connectivity index (χ4n) is 3.33. The molecule has 0 aliphatic rings. The van der Waals surface area contributed by atoms with Crippen LogP contribution in [0, 0.1) is 6.92 Å². The second kappa shape index (κ2) is 9.86. The highest BCUT2D eigenvalue weighted by Crippen LogP contribution is 2.24. The summed E-state index contributed by atoms with van der Waals surface area (Å²) >= 11 is 0. The topological polar surface area (TPSA) is 102 Å². The van der Waals surface area contributed by atoms with E-state index in [4.69, 9.17) is 4.74 Å². The summed E-state index contributed by atoms with van der Waals surface area (Å²) < 4.78 is 5.19. The zero-order valence-corrected chi connectivity index (χ0v) is 18.6. The number of methoxy groups -OCH3 is 1. The van der Waals surface area contributed by atoms with Crippen LogP contribution in [0.3, 0.4) is 0 Å². The van der Waals surface area contributed by atoms with Gasteiger partial charge in [0.15, 0.2) is 0 Å². The Hall–Kier alpha value is -4.33. The quantitative estimate of drug-likeness (QED) is 0.430. The van der Waals surface area contributed by atoms with Gasteiger partial charge in [0, 0.05) is 35.9 Å². The molecule has 1 atom stereocenters. The van der Waals surface area contributed by atoms with Gasteiger partial charge in [-0.15, -0.1) is 0 Å². The Morgan fingerprint density at radius 1 is 1.03 bits per heavy atom. The molecule has 4 rings (SSSR count). The molecule has 0 spiro atoms. The van der Waals surface area contributed by atoms with Crippen molar-refractivity contribution in [3.63, 3.8) is 0 Å².